The average Bonchev–Trinajstić information content (AvgIpc) is 2.16. The maximum Gasteiger partial charge on any atom is 0.310 e. The maximum atomic E-state index is 10.7. The number of carboxylic acid groups (broad SMARTS) is 1. The monoisotopic (exact) mass is 254 g/mol. The lowest BCUT2D eigenvalue weighted by Gasteiger charge is -2.06. The van der Waals surface area contributed by atoms with Crippen LogP contribution in [0.3, 0.4) is 0 Å². The first-order chi connectivity index (χ1) is 6.63. The third-order valence-corrected chi connectivity index (χ3v) is 2.50. The highest BCUT2D eigenvalue weighted by Gasteiger charge is 2.13. The molecule has 0 aliphatic heterocycles. The second-order valence-electron chi connectivity index (χ2n) is 3.01. The van der Waals surface area contributed by atoms with Gasteiger partial charge in [0.1, 0.15) is 0 Å². The van der Waals surface area contributed by atoms with Crippen LogP contribution in [0.15, 0.2) is 41.4 Å². The van der Waals surface area contributed by atoms with Gasteiger partial charge in [0.2, 0.25) is 0 Å². The molecule has 0 aliphatic carbocycles. The predicted octanol–water partition coefficient (Wildman–Crippen LogP) is 2.88. The second kappa shape index (κ2) is 4.96. The first-order valence-electron chi connectivity index (χ1n) is 4.23. The maximum absolute atomic E-state index is 10.7. The number of rotatable bonds is 4. The largest absolute Gasteiger partial charge is 0.481 e. The van der Waals surface area contributed by atoms with E-state index in [-0.39, 0.29) is 0 Å². The summed E-state index contributed by atoms with van der Waals surface area (Å²) in [4.78, 5) is 10.7. The minimum atomic E-state index is -0.831. The van der Waals surface area contributed by atoms with Crippen molar-refractivity contribution in [3.8, 4) is 0 Å². The van der Waals surface area contributed by atoms with Gasteiger partial charge in [0.05, 0.1) is 5.92 Å². The highest BCUT2D eigenvalue weighted by Crippen LogP contribution is 2.14. The third kappa shape index (κ3) is 3.00. The molecule has 0 saturated heterocycles. The SMILES string of the molecule is C=CC(Cc1ccc(Br)cc1)C(=O)O. The number of carbonyl (C=O) groups is 1. The van der Waals surface area contributed by atoms with Gasteiger partial charge in [0.15, 0.2) is 0 Å². The molecule has 0 bridgehead atoms. The van der Waals surface area contributed by atoms with E-state index in [1.807, 2.05) is 24.3 Å². The lowest BCUT2D eigenvalue weighted by molar-refractivity contribution is -0.140. The Morgan fingerprint density at radius 3 is 2.50 bits per heavy atom. The number of benzene rings is 1. The van der Waals surface area contributed by atoms with Gasteiger partial charge < -0.3 is 5.11 Å². The molecule has 0 amide bonds. The van der Waals surface area contributed by atoms with E-state index in [1.165, 1.54) is 6.08 Å². The summed E-state index contributed by atoms with van der Waals surface area (Å²) in [6.07, 6.45) is 1.95. The molecule has 0 fully saturated rings. The van der Waals surface area contributed by atoms with Crippen LogP contribution in [0.4, 0.5) is 0 Å². The van der Waals surface area contributed by atoms with Gasteiger partial charge >= 0.3 is 5.97 Å². The molecular weight excluding hydrogens is 244 g/mol. The Balaban J connectivity index is 2.72. The molecule has 74 valence electrons. The van der Waals surface area contributed by atoms with Crippen LogP contribution in [0.2, 0.25) is 0 Å². The molecule has 1 N–H and O–H groups in total. The van der Waals surface area contributed by atoms with E-state index in [4.69, 9.17) is 5.11 Å². The summed E-state index contributed by atoms with van der Waals surface area (Å²) in [5, 5.41) is 8.81. The zero-order valence-corrected chi connectivity index (χ0v) is 9.20. The van der Waals surface area contributed by atoms with E-state index in [2.05, 4.69) is 22.5 Å². The van der Waals surface area contributed by atoms with Crippen LogP contribution >= 0.6 is 15.9 Å². The van der Waals surface area contributed by atoms with Crippen molar-refractivity contribution in [1.29, 1.82) is 0 Å². The van der Waals surface area contributed by atoms with Crippen LogP contribution in [0.25, 0.3) is 0 Å². The fraction of sp³-hybridized carbons (Fsp3) is 0.182. The van der Waals surface area contributed by atoms with Crippen molar-refractivity contribution in [2.24, 2.45) is 5.92 Å². The first-order valence-corrected chi connectivity index (χ1v) is 5.02. The Kier molecular flexibility index (Phi) is 3.89. The molecule has 2 nitrogen and oxygen atoms in total. The van der Waals surface area contributed by atoms with Gasteiger partial charge in [0.25, 0.3) is 0 Å². The molecule has 0 aliphatic rings. The Morgan fingerprint density at radius 1 is 1.50 bits per heavy atom. The van der Waals surface area contributed by atoms with Gasteiger partial charge in [-0.1, -0.05) is 34.1 Å². The number of hydrogen-bond acceptors (Lipinski definition) is 1. The standard InChI is InChI=1S/C11H11BrO2/c1-2-9(11(13)14)7-8-3-5-10(12)6-4-8/h2-6,9H,1,7H2,(H,13,14). The summed E-state index contributed by atoms with van der Waals surface area (Å²) in [5.74, 6) is -1.33. The normalized spacial score (nSPS) is 12.1. The fourth-order valence-corrected chi connectivity index (χ4v) is 1.41. The van der Waals surface area contributed by atoms with Gasteiger partial charge in [-0.25, -0.2) is 0 Å². The van der Waals surface area contributed by atoms with E-state index in [9.17, 15) is 4.79 Å². The molecule has 1 unspecified atom stereocenters. The third-order valence-electron chi connectivity index (χ3n) is 1.97. The molecule has 0 heterocycles. The second-order valence-corrected chi connectivity index (χ2v) is 3.93. The van der Waals surface area contributed by atoms with Gasteiger partial charge in [-0.2, -0.15) is 0 Å². The van der Waals surface area contributed by atoms with E-state index < -0.39 is 11.9 Å². The van der Waals surface area contributed by atoms with Gasteiger partial charge in [-0.3, -0.25) is 4.79 Å². The fourth-order valence-electron chi connectivity index (χ4n) is 1.15. The van der Waals surface area contributed by atoms with Crippen molar-refractivity contribution >= 4 is 21.9 Å². The number of halogens is 1. The summed E-state index contributed by atoms with van der Waals surface area (Å²) in [5.41, 5.74) is 1.00. The first kappa shape index (κ1) is 11.0. The van der Waals surface area contributed by atoms with Crippen molar-refractivity contribution in [1.82, 2.24) is 0 Å². The molecular formula is C11H11BrO2. The van der Waals surface area contributed by atoms with Crippen LogP contribution in [0.5, 0.6) is 0 Å². The summed E-state index contributed by atoms with van der Waals surface area (Å²) in [6.45, 7) is 3.51. The topological polar surface area (TPSA) is 37.3 Å². The van der Waals surface area contributed by atoms with Gasteiger partial charge in [-0.15, -0.1) is 6.58 Å². The molecule has 0 spiro atoms. The van der Waals surface area contributed by atoms with E-state index in [0.29, 0.717) is 6.42 Å². The molecule has 3 heteroatoms. The van der Waals surface area contributed by atoms with E-state index >= 15 is 0 Å². The molecule has 0 aromatic heterocycles. The molecule has 0 radical (unpaired) electrons. The smallest absolute Gasteiger partial charge is 0.310 e. The number of hydrogen-bond donors (Lipinski definition) is 1. The predicted molar refractivity (Wildman–Crippen MR) is 59.2 cm³/mol. The summed E-state index contributed by atoms with van der Waals surface area (Å²) in [6, 6.07) is 7.61. The van der Waals surface area contributed by atoms with Crippen molar-refractivity contribution in [2.75, 3.05) is 0 Å². The molecule has 0 saturated carbocycles. The molecule has 1 atom stereocenters. The lowest BCUT2D eigenvalue weighted by atomic mass is 10.00. The minimum absolute atomic E-state index is 0.492. The highest BCUT2D eigenvalue weighted by atomic mass is 79.9. The van der Waals surface area contributed by atoms with Crippen LogP contribution < -0.4 is 0 Å². The van der Waals surface area contributed by atoms with Crippen LogP contribution in [-0.4, -0.2) is 11.1 Å². The van der Waals surface area contributed by atoms with E-state index in [1.54, 1.807) is 0 Å². The summed E-state index contributed by atoms with van der Waals surface area (Å²) < 4.78 is 0.992. The van der Waals surface area contributed by atoms with E-state index in [0.717, 1.165) is 10.0 Å². The minimum Gasteiger partial charge on any atom is -0.481 e. The van der Waals surface area contributed by atoms with Crippen LogP contribution in [0, 0.1) is 5.92 Å². The van der Waals surface area contributed by atoms with Crippen molar-refractivity contribution in [3.63, 3.8) is 0 Å². The lowest BCUT2D eigenvalue weighted by Crippen LogP contribution is -2.13. The highest BCUT2D eigenvalue weighted by molar-refractivity contribution is 9.10. The summed E-state index contributed by atoms with van der Waals surface area (Å²) in [7, 11) is 0. The number of aliphatic carboxylic acids is 1. The quantitative estimate of drug-likeness (QED) is 0.840. The van der Waals surface area contributed by atoms with Gasteiger partial charge in [0, 0.05) is 4.47 Å². The van der Waals surface area contributed by atoms with Crippen LogP contribution in [0.1, 0.15) is 5.56 Å². The zero-order valence-electron chi connectivity index (χ0n) is 7.61. The molecule has 1 aromatic rings. The Bertz CT molecular complexity index is 330. The molecule has 1 rings (SSSR count). The van der Waals surface area contributed by atoms with Gasteiger partial charge in [-0.05, 0) is 24.1 Å². The zero-order chi connectivity index (χ0) is 10.6. The Morgan fingerprint density at radius 2 is 2.07 bits per heavy atom. The van der Waals surface area contributed by atoms with Crippen LogP contribution in [-0.2, 0) is 11.2 Å². The molecule has 14 heavy (non-hydrogen) atoms. The van der Waals surface area contributed by atoms with Crippen molar-refractivity contribution in [3.05, 3.63) is 47.0 Å². The Hall–Kier alpha value is -1.09. The van der Waals surface area contributed by atoms with Crippen molar-refractivity contribution < 1.29 is 9.90 Å². The summed E-state index contributed by atoms with van der Waals surface area (Å²) >= 11 is 3.32. The Labute approximate surface area is 91.4 Å². The van der Waals surface area contributed by atoms with Crippen molar-refractivity contribution in [2.45, 2.75) is 6.42 Å². The number of carboxylic acids is 1. The molecule has 1 aromatic carbocycles. The average molecular weight is 255 g/mol.